The van der Waals surface area contributed by atoms with Crippen molar-refractivity contribution in [3.8, 4) is 0 Å². The third-order valence-electron chi connectivity index (χ3n) is 8.82. The van der Waals surface area contributed by atoms with E-state index >= 15 is 0 Å². The number of aromatic amines is 2. The fourth-order valence-corrected chi connectivity index (χ4v) is 5.88. The second-order valence-corrected chi connectivity index (χ2v) is 13.1. The van der Waals surface area contributed by atoms with E-state index in [0.29, 0.717) is 11.3 Å². The summed E-state index contributed by atoms with van der Waals surface area (Å²) in [5.41, 5.74) is 24.9. The number of amides is 6. The molecule has 298 valence electrons. The molecule has 2 heterocycles. The average Bonchev–Trinajstić information content (AvgIpc) is 3.85. The van der Waals surface area contributed by atoms with Crippen LogP contribution in [-0.2, 0) is 48.0 Å². The van der Waals surface area contributed by atoms with Crippen molar-refractivity contribution in [2.45, 2.75) is 69.2 Å². The summed E-state index contributed by atoms with van der Waals surface area (Å²) in [5, 5.41) is 14.1. The fraction of sp³-hybridized carbons (Fsp3) is 0.351. The number of aliphatic imine (C=N–C) groups is 1. The Labute approximate surface area is 322 Å². The van der Waals surface area contributed by atoms with Crippen LogP contribution in [0.3, 0.4) is 0 Å². The van der Waals surface area contributed by atoms with Crippen LogP contribution < -0.4 is 49.5 Å². The van der Waals surface area contributed by atoms with Crippen molar-refractivity contribution < 1.29 is 28.8 Å². The number of benzene rings is 2. The highest BCUT2D eigenvalue weighted by Gasteiger charge is 2.32. The standard InChI is InChI=1S/C37H49N13O6/c1-21(46-31(51)17-38)33(53)49-30(16-24-19-42-20-45-24)36(56)50-29(14-22-8-3-2-4-9-22)35(55)47-27(12-7-13-43-37(40)41)34(54)48-28(32(39)52)15-23-18-44-26-11-6-5-10-25(23)26/h2-6,8-11,18-21,27-30,44H,7,12-17,38H2,1H3,(H2,39,52)(H,42,45)(H,46,51)(H,47,55)(H,48,54)(H,49,53)(H,50,56)(H4,40,41,43)/t21-,27-,28-,29+,30-/m0/s1. The van der Waals surface area contributed by atoms with Gasteiger partial charge in [0.15, 0.2) is 5.96 Å². The molecule has 15 N–H and O–H groups in total. The van der Waals surface area contributed by atoms with E-state index < -0.39 is 65.7 Å². The number of primary amides is 1. The van der Waals surface area contributed by atoms with Crippen molar-refractivity contribution in [2.24, 2.45) is 27.9 Å². The third-order valence-corrected chi connectivity index (χ3v) is 8.82. The van der Waals surface area contributed by atoms with Crippen molar-refractivity contribution in [1.29, 1.82) is 0 Å². The number of nitrogens with one attached hydrogen (secondary N) is 7. The number of H-pyrrole nitrogens is 2. The molecule has 5 atom stereocenters. The van der Waals surface area contributed by atoms with Gasteiger partial charge in [-0.2, -0.15) is 0 Å². The molecule has 19 heteroatoms. The molecule has 56 heavy (non-hydrogen) atoms. The summed E-state index contributed by atoms with van der Waals surface area (Å²) >= 11 is 0. The van der Waals surface area contributed by atoms with E-state index in [1.807, 2.05) is 24.3 Å². The molecule has 0 fully saturated rings. The molecule has 0 aliphatic carbocycles. The summed E-state index contributed by atoms with van der Waals surface area (Å²) in [7, 11) is 0. The Morgan fingerprint density at radius 2 is 1.36 bits per heavy atom. The van der Waals surface area contributed by atoms with Gasteiger partial charge < -0.3 is 59.5 Å². The van der Waals surface area contributed by atoms with Gasteiger partial charge in [0.25, 0.3) is 0 Å². The number of imidazole rings is 1. The number of hydrogen-bond acceptors (Lipinski definition) is 9. The van der Waals surface area contributed by atoms with Crippen molar-refractivity contribution in [1.82, 2.24) is 41.5 Å². The number of carbonyl (C=O) groups excluding carboxylic acids is 6. The van der Waals surface area contributed by atoms with E-state index in [9.17, 15) is 28.8 Å². The molecule has 0 spiro atoms. The minimum absolute atomic E-state index is 0.00108. The topological polar surface area (TPSA) is 323 Å². The summed E-state index contributed by atoms with van der Waals surface area (Å²) < 4.78 is 0. The number of aromatic nitrogens is 3. The first-order valence-electron chi connectivity index (χ1n) is 18.0. The molecule has 2 aromatic heterocycles. The first-order valence-corrected chi connectivity index (χ1v) is 18.0. The SMILES string of the molecule is C[C@H](NC(=O)CN)C(=O)N[C@@H](Cc1cnc[nH]1)C(=O)N[C@H](Cc1ccccc1)C(=O)N[C@@H](CCCN=C(N)N)C(=O)N[C@@H](Cc1c[nH]c2ccccc12)C(N)=O. The monoisotopic (exact) mass is 771 g/mol. The lowest BCUT2D eigenvalue weighted by molar-refractivity contribution is -0.134. The molecular formula is C37H49N13O6. The van der Waals surface area contributed by atoms with Crippen LogP contribution in [0.2, 0.25) is 0 Å². The Morgan fingerprint density at radius 1 is 0.732 bits per heavy atom. The molecule has 0 bridgehead atoms. The number of nitrogens with two attached hydrogens (primary N) is 4. The lowest BCUT2D eigenvalue weighted by Gasteiger charge is -2.27. The van der Waals surface area contributed by atoms with E-state index in [0.717, 1.165) is 16.5 Å². The molecule has 0 unspecified atom stereocenters. The van der Waals surface area contributed by atoms with Crippen LogP contribution in [0.25, 0.3) is 10.9 Å². The van der Waals surface area contributed by atoms with Crippen LogP contribution in [0.5, 0.6) is 0 Å². The molecule has 2 aromatic carbocycles. The van der Waals surface area contributed by atoms with Gasteiger partial charge in [0.05, 0.1) is 12.9 Å². The van der Waals surface area contributed by atoms with E-state index in [1.165, 1.54) is 19.4 Å². The Kier molecular flexibility index (Phi) is 15.5. The van der Waals surface area contributed by atoms with Gasteiger partial charge in [-0.3, -0.25) is 33.8 Å². The fourth-order valence-electron chi connectivity index (χ4n) is 5.88. The Hall–Kier alpha value is -6.76. The van der Waals surface area contributed by atoms with Crippen molar-refractivity contribution in [3.05, 3.63) is 90.1 Å². The minimum Gasteiger partial charge on any atom is -0.370 e. The van der Waals surface area contributed by atoms with Gasteiger partial charge in [-0.05, 0) is 37.0 Å². The number of nitrogens with zero attached hydrogens (tertiary/aromatic N) is 2. The van der Waals surface area contributed by atoms with Gasteiger partial charge in [-0.1, -0.05) is 48.5 Å². The lowest BCUT2D eigenvalue weighted by Crippen LogP contribution is -2.59. The summed E-state index contributed by atoms with van der Waals surface area (Å²) in [6, 6.07) is 10.4. The molecule has 0 aliphatic rings. The van der Waals surface area contributed by atoms with Gasteiger partial charge >= 0.3 is 0 Å². The number of carbonyl (C=O) groups is 6. The van der Waals surface area contributed by atoms with E-state index in [-0.39, 0.29) is 51.2 Å². The highest BCUT2D eigenvalue weighted by molar-refractivity contribution is 5.96. The van der Waals surface area contributed by atoms with Crippen LogP contribution in [0, 0.1) is 0 Å². The minimum atomic E-state index is -1.26. The van der Waals surface area contributed by atoms with E-state index in [4.69, 9.17) is 22.9 Å². The molecule has 6 amide bonds. The van der Waals surface area contributed by atoms with Crippen LogP contribution in [-0.4, -0.2) is 99.7 Å². The molecule has 4 rings (SSSR count). The maximum atomic E-state index is 14.2. The zero-order valence-corrected chi connectivity index (χ0v) is 30.9. The number of guanidine groups is 1. The summed E-state index contributed by atoms with van der Waals surface area (Å²) in [6.07, 6.45) is 4.94. The molecule has 19 nitrogen and oxygen atoms in total. The van der Waals surface area contributed by atoms with Gasteiger partial charge in [0.1, 0.15) is 30.2 Å². The number of hydrogen-bond donors (Lipinski definition) is 11. The smallest absolute Gasteiger partial charge is 0.243 e. The zero-order chi connectivity index (χ0) is 40.6. The Balaban J connectivity index is 1.57. The zero-order valence-electron chi connectivity index (χ0n) is 30.9. The third kappa shape index (κ3) is 12.7. The second-order valence-electron chi connectivity index (χ2n) is 13.1. The van der Waals surface area contributed by atoms with Gasteiger partial charge in [0.2, 0.25) is 35.4 Å². The summed E-state index contributed by atoms with van der Waals surface area (Å²) in [6.45, 7) is 1.23. The van der Waals surface area contributed by atoms with Crippen LogP contribution in [0.4, 0.5) is 0 Å². The Bertz CT molecular complexity index is 1980. The Morgan fingerprint density at radius 3 is 2.02 bits per heavy atom. The molecule has 0 aliphatic heterocycles. The van der Waals surface area contributed by atoms with Crippen molar-refractivity contribution in [2.75, 3.05) is 13.1 Å². The lowest BCUT2D eigenvalue weighted by atomic mass is 10.0. The highest BCUT2D eigenvalue weighted by Crippen LogP contribution is 2.19. The number of rotatable bonds is 21. The molecular weight excluding hydrogens is 722 g/mol. The predicted octanol–water partition coefficient (Wildman–Crippen LogP) is -2.14. The van der Waals surface area contributed by atoms with Crippen molar-refractivity contribution in [3.63, 3.8) is 0 Å². The summed E-state index contributed by atoms with van der Waals surface area (Å²) in [5.74, 6) is -4.35. The van der Waals surface area contributed by atoms with Crippen LogP contribution in [0.15, 0.2) is 78.3 Å². The highest BCUT2D eigenvalue weighted by atomic mass is 16.2. The first-order chi connectivity index (χ1) is 26.8. The maximum absolute atomic E-state index is 14.2. The molecule has 0 radical (unpaired) electrons. The molecule has 0 saturated carbocycles. The van der Waals surface area contributed by atoms with Gasteiger partial charge in [-0.15, -0.1) is 0 Å². The summed E-state index contributed by atoms with van der Waals surface area (Å²) in [4.78, 5) is 93.5. The first kappa shape index (κ1) is 42.0. The largest absolute Gasteiger partial charge is 0.370 e. The molecule has 0 saturated heterocycles. The second kappa shape index (κ2) is 20.6. The average molecular weight is 772 g/mol. The quantitative estimate of drug-likeness (QED) is 0.0248. The van der Waals surface area contributed by atoms with Crippen molar-refractivity contribution >= 4 is 52.3 Å². The van der Waals surface area contributed by atoms with Crippen LogP contribution in [0.1, 0.15) is 36.6 Å². The number of fused-ring (bicyclic) bond motifs is 1. The normalized spacial score (nSPS) is 13.6. The van der Waals surface area contributed by atoms with Gasteiger partial charge in [0, 0.05) is 54.8 Å². The number of para-hydroxylation sites is 1. The van der Waals surface area contributed by atoms with E-state index in [2.05, 4.69) is 46.5 Å². The van der Waals surface area contributed by atoms with E-state index in [1.54, 1.807) is 36.5 Å². The maximum Gasteiger partial charge on any atom is 0.243 e. The molecule has 4 aromatic rings. The van der Waals surface area contributed by atoms with Gasteiger partial charge in [-0.25, -0.2) is 4.98 Å². The predicted molar refractivity (Wildman–Crippen MR) is 208 cm³/mol. The van der Waals surface area contributed by atoms with Crippen LogP contribution >= 0.6 is 0 Å².